The molecule has 1 rings (SSSR count). The fourth-order valence-electron chi connectivity index (χ4n) is 0.922. The molecular weight excluding hydrogens is 148 g/mol. The van der Waals surface area contributed by atoms with Crippen LogP contribution in [0.4, 0.5) is 4.79 Å². The van der Waals surface area contributed by atoms with Gasteiger partial charge < -0.3 is 10.0 Å². The van der Waals surface area contributed by atoms with Crippen molar-refractivity contribution in [3.63, 3.8) is 0 Å². The minimum absolute atomic E-state index is 0.00810. The lowest BCUT2D eigenvalue weighted by molar-refractivity contribution is -0.133. The third-order valence-electron chi connectivity index (χ3n) is 1.73. The van der Waals surface area contributed by atoms with Crippen LogP contribution in [0.2, 0.25) is 0 Å². The van der Waals surface area contributed by atoms with E-state index in [0.29, 0.717) is 13.1 Å². The summed E-state index contributed by atoms with van der Waals surface area (Å²) in [7, 11) is 1.67. The van der Waals surface area contributed by atoms with Gasteiger partial charge in [0, 0.05) is 20.1 Å². The van der Waals surface area contributed by atoms with Gasteiger partial charge in [-0.05, 0) is 0 Å². The van der Waals surface area contributed by atoms with Crippen molar-refractivity contribution in [2.24, 2.45) is 0 Å². The topological polar surface area (TPSA) is 60.9 Å². The zero-order chi connectivity index (χ0) is 8.43. The molecule has 5 nitrogen and oxygen atoms in total. The van der Waals surface area contributed by atoms with E-state index in [0.717, 1.165) is 4.90 Å². The molecule has 0 spiro atoms. The van der Waals surface area contributed by atoms with Crippen LogP contribution in [0.5, 0.6) is 0 Å². The van der Waals surface area contributed by atoms with Crippen LogP contribution in [0.15, 0.2) is 0 Å². The zero-order valence-corrected chi connectivity index (χ0v) is 6.28. The van der Waals surface area contributed by atoms with Gasteiger partial charge in [0.05, 0.1) is 0 Å². The lowest BCUT2D eigenvalue weighted by Gasteiger charge is -2.29. The Labute approximate surface area is 64.2 Å². The molecule has 1 fully saturated rings. The van der Waals surface area contributed by atoms with Crippen LogP contribution in [0.3, 0.4) is 0 Å². The molecule has 62 valence electrons. The molecule has 0 aromatic rings. The Bertz CT molecular complexity index is 192. The molecule has 0 unspecified atom stereocenters. The summed E-state index contributed by atoms with van der Waals surface area (Å²) in [5.74, 6) is -0.140. The Kier molecular flexibility index (Phi) is 1.98. The summed E-state index contributed by atoms with van der Waals surface area (Å²) in [6.45, 7) is 0.897. The Morgan fingerprint density at radius 2 is 2.18 bits per heavy atom. The van der Waals surface area contributed by atoms with E-state index in [1.165, 1.54) is 4.90 Å². The average Bonchev–Trinajstić information content (AvgIpc) is 1.94. The number of hydrogen-bond donors (Lipinski definition) is 1. The molecule has 1 aliphatic rings. The van der Waals surface area contributed by atoms with Crippen LogP contribution < -0.4 is 0 Å². The first-order valence-corrected chi connectivity index (χ1v) is 3.33. The molecular formula is C6H10N2O3. The van der Waals surface area contributed by atoms with Gasteiger partial charge in [0.15, 0.2) is 0 Å². The third-order valence-corrected chi connectivity index (χ3v) is 1.73. The van der Waals surface area contributed by atoms with Crippen LogP contribution in [0, 0.1) is 0 Å². The first-order valence-electron chi connectivity index (χ1n) is 3.33. The predicted molar refractivity (Wildman–Crippen MR) is 37.2 cm³/mol. The van der Waals surface area contributed by atoms with E-state index in [9.17, 15) is 9.59 Å². The highest BCUT2D eigenvalue weighted by Gasteiger charge is 2.23. The number of amides is 2. The zero-order valence-electron chi connectivity index (χ0n) is 6.28. The summed E-state index contributed by atoms with van der Waals surface area (Å²) in [5, 5.41) is 8.50. The van der Waals surface area contributed by atoms with Crippen molar-refractivity contribution in [3.8, 4) is 0 Å². The van der Waals surface area contributed by atoms with Gasteiger partial charge in [0.1, 0.15) is 6.54 Å². The molecule has 5 heteroatoms. The third kappa shape index (κ3) is 1.60. The highest BCUT2D eigenvalue weighted by Crippen LogP contribution is 1.99. The van der Waals surface area contributed by atoms with Crippen molar-refractivity contribution >= 4 is 12.0 Å². The van der Waals surface area contributed by atoms with E-state index < -0.39 is 6.09 Å². The van der Waals surface area contributed by atoms with Crippen molar-refractivity contribution in [1.29, 1.82) is 0 Å². The molecule has 0 saturated carbocycles. The Morgan fingerprint density at radius 3 is 2.64 bits per heavy atom. The molecule has 11 heavy (non-hydrogen) atoms. The summed E-state index contributed by atoms with van der Waals surface area (Å²) in [6, 6.07) is 0. The van der Waals surface area contributed by atoms with Crippen molar-refractivity contribution in [1.82, 2.24) is 9.80 Å². The van der Waals surface area contributed by atoms with E-state index >= 15 is 0 Å². The SMILES string of the molecule is CN1CCN(C(=O)O)CC1=O. The largest absolute Gasteiger partial charge is 0.465 e. The van der Waals surface area contributed by atoms with E-state index in [1.807, 2.05) is 0 Å². The molecule has 0 aliphatic carbocycles. The lowest BCUT2D eigenvalue weighted by Crippen LogP contribution is -2.50. The number of hydrogen-bond acceptors (Lipinski definition) is 2. The van der Waals surface area contributed by atoms with E-state index in [-0.39, 0.29) is 12.5 Å². The molecule has 0 bridgehead atoms. The monoisotopic (exact) mass is 158 g/mol. The number of carbonyl (C=O) groups is 2. The molecule has 0 aromatic heterocycles. The maximum Gasteiger partial charge on any atom is 0.407 e. The standard InChI is InChI=1S/C6H10N2O3/c1-7-2-3-8(6(10)11)4-5(7)9/h2-4H2,1H3,(H,10,11). The van der Waals surface area contributed by atoms with Crippen LogP contribution in [0.25, 0.3) is 0 Å². The highest BCUT2D eigenvalue weighted by atomic mass is 16.4. The predicted octanol–water partition coefficient (Wildman–Crippen LogP) is -0.562. The summed E-state index contributed by atoms with van der Waals surface area (Å²) in [5.41, 5.74) is 0. The van der Waals surface area contributed by atoms with Crippen LogP contribution in [-0.2, 0) is 4.79 Å². The summed E-state index contributed by atoms with van der Waals surface area (Å²) in [4.78, 5) is 23.9. The lowest BCUT2D eigenvalue weighted by atomic mass is 10.3. The Balaban J connectivity index is 2.53. The molecule has 1 saturated heterocycles. The van der Waals surface area contributed by atoms with Gasteiger partial charge in [-0.1, -0.05) is 0 Å². The quantitative estimate of drug-likeness (QED) is 0.514. The van der Waals surface area contributed by atoms with Gasteiger partial charge in [-0.25, -0.2) is 4.79 Å². The van der Waals surface area contributed by atoms with Gasteiger partial charge in [0.2, 0.25) is 5.91 Å². The fraction of sp³-hybridized carbons (Fsp3) is 0.667. The van der Waals surface area contributed by atoms with Crippen molar-refractivity contribution in [2.75, 3.05) is 26.7 Å². The molecule has 1 aliphatic heterocycles. The molecule has 0 radical (unpaired) electrons. The minimum Gasteiger partial charge on any atom is -0.465 e. The first kappa shape index (κ1) is 7.84. The molecule has 0 atom stereocenters. The van der Waals surface area contributed by atoms with Gasteiger partial charge in [-0.15, -0.1) is 0 Å². The van der Waals surface area contributed by atoms with E-state index in [2.05, 4.69) is 0 Å². The second-order valence-electron chi connectivity index (χ2n) is 2.52. The van der Waals surface area contributed by atoms with Crippen molar-refractivity contribution in [2.45, 2.75) is 0 Å². The van der Waals surface area contributed by atoms with E-state index in [4.69, 9.17) is 5.11 Å². The molecule has 0 aromatic carbocycles. The maximum absolute atomic E-state index is 10.9. The van der Waals surface area contributed by atoms with Gasteiger partial charge in [0.25, 0.3) is 0 Å². The summed E-state index contributed by atoms with van der Waals surface area (Å²) >= 11 is 0. The van der Waals surface area contributed by atoms with Crippen molar-refractivity contribution < 1.29 is 14.7 Å². The average molecular weight is 158 g/mol. The second-order valence-corrected chi connectivity index (χ2v) is 2.52. The summed E-state index contributed by atoms with van der Waals surface area (Å²) < 4.78 is 0. The second kappa shape index (κ2) is 2.77. The fourth-order valence-corrected chi connectivity index (χ4v) is 0.922. The maximum atomic E-state index is 10.9. The number of carbonyl (C=O) groups excluding carboxylic acids is 1. The summed E-state index contributed by atoms with van der Waals surface area (Å²) in [6.07, 6.45) is -1.02. The first-order chi connectivity index (χ1) is 5.11. The number of nitrogens with zero attached hydrogens (tertiary/aromatic N) is 2. The van der Waals surface area contributed by atoms with Crippen LogP contribution >= 0.6 is 0 Å². The number of piperazine rings is 1. The van der Waals surface area contributed by atoms with Crippen molar-refractivity contribution in [3.05, 3.63) is 0 Å². The number of rotatable bonds is 0. The normalized spacial score (nSPS) is 18.8. The Morgan fingerprint density at radius 1 is 1.55 bits per heavy atom. The number of carboxylic acid groups (broad SMARTS) is 1. The minimum atomic E-state index is -1.02. The highest BCUT2D eigenvalue weighted by molar-refractivity contribution is 5.82. The Hall–Kier alpha value is -1.26. The number of likely N-dealkylation sites (N-methyl/N-ethyl adjacent to an activating group) is 1. The van der Waals surface area contributed by atoms with Gasteiger partial charge in [-0.3, -0.25) is 9.69 Å². The molecule has 1 heterocycles. The van der Waals surface area contributed by atoms with Crippen LogP contribution in [0.1, 0.15) is 0 Å². The smallest absolute Gasteiger partial charge is 0.407 e. The van der Waals surface area contributed by atoms with E-state index in [1.54, 1.807) is 7.05 Å². The van der Waals surface area contributed by atoms with Gasteiger partial charge in [-0.2, -0.15) is 0 Å². The molecule has 1 N–H and O–H groups in total. The van der Waals surface area contributed by atoms with Crippen LogP contribution in [-0.4, -0.2) is 53.6 Å². The molecule has 2 amide bonds. The van der Waals surface area contributed by atoms with Gasteiger partial charge >= 0.3 is 6.09 Å².